The number of imide groups is 1. The molecule has 0 aliphatic carbocycles. The van der Waals surface area contributed by atoms with E-state index in [0.29, 0.717) is 18.5 Å². The predicted molar refractivity (Wildman–Crippen MR) is 76.4 cm³/mol. The Labute approximate surface area is 119 Å². The van der Waals surface area contributed by atoms with Crippen LogP contribution >= 0.6 is 0 Å². The van der Waals surface area contributed by atoms with E-state index in [1.165, 1.54) is 4.90 Å². The average molecular weight is 272 g/mol. The molecule has 4 nitrogen and oxygen atoms in total. The number of amides is 2. The van der Waals surface area contributed by atoms with Crippen LogP contribution in [-0.2, 0) is 11.2 Å². The quantitative estimate of drug-likeness (QED) is 0.832. The number of benzene rings is 1. The average Bonchev–Trinajstić information content (AvgIpc) is 2.44. The van der Waals surface area contributed by atoms with E-state index in [-0.39, 0.29) is 17.2 Å². The first-order chi connectivity index (χ1) is 9.59. The van der Waals surface area contributed by atoms with Crippen molar-refractivity contribution in [3.8, 4) is 0 Å². The van der Waals surface area contributed by atoms with Crippen molar-refractivity contribution < 1.29 is 9.59 Å². The van der Waals surface area contributed by atoms with Gasteiger partial charge in [0.15, 0.2) is 0 Å². The lowest BCUT2D eigenvalue weighted by Gasteiger charge is -2.39. The number of fused-ring (bicyclic) bond motifs is 1. The Morgan fingerprint density at radius 1 is 1.30 bits per heavy atom. The Morgan fingerprint density at radius 2 is 2.10 bits per heavy atom. The molecule has 0 radical (unpaired) electrons. The van der Waals surface area contributed by atoms with Gasteiger partial charge in [-0.1, -0.05) is 25.1 Å². The lowest BCUT2D eigenvalue weighted by Crippen LogP contribution is -2.51. The molecule has 0 aromatic heterocycles. The molecule has 1 atom stereocenters. The van der Waals surface area contributed by atoms with Crippen LogP contribution in [0.3, 0.4) is 0 Å². The van der Waals surface area contributed by atoms with Crippen molar-refractivity contribution in [1.29, 1.82) is 0 Å². The molecule has 1 aromatic rings. The number of piperidine rings is 1. The van der Waals surface area contributed by atoms with Crippen LogP contribution in [0, 0.1) is 5.41 Å². The molecular weight excluding hydrogens is 252 g/mol. The van der Waals surface area contributed by atoms with Crippen LogP contribution in [0.1, 0.15) is 35.7 Å². The number of hydrogen-bond acceptors (Lipinski definition) is 3. The van der Waals surface area contributed by atoms with Crippen LogP contribution in [0.15, 0.2) is 24.3 Å². The van der Waals surface area contributed by atoms with Gasteiger partial charge in [-0.15, -0.1) is 0 Å². The Hall–Kier alpha value is -1.68. The first kappa shape index (κ1) is 13.3. The zero-order valence-electron chi connectivity index (χ0n) is 11.8. The normalized spacial score (nSPS) is 26.6. The molecule has 1 N–H and O–H groups in total. The van der Waals surface area contributed by atoms with E-state index in [9.17, 15) is 9.59 Å². The van der Waals surface area contributed by atoms with Gasteiger partial charge in [-0.25, -0.2) is 0 Å². The van der Waals surface area contributed by atoms with Gasteiger partial charge in [-0.2, -0.15) is 0 Å². The second kappa shape index (κ2) is 5.02. The summed E-state index contributed by atoms with van der Waals surface area (Å²) in [5.74, 6) is -0.204. The summed E-state index contributed by atoms with van der Waals surface area (Å²) in [6, 6.07) is 7.42. The van der Waals surface area contributed by atoms with E-state index in [2.05, 4.69) is 12.2 Å². The zero-order chi connectivity index (χ0) is 14.2. The predicted octanol–water partition coefficient (Wildman–Crippen LogP) is 1.60. The first-order valence-electron chi connectivity index (χ1n) is 7.22. The number of nitrogens with zero attached hydrogens (tertiary/aromatic N) is 1. The standard InChI is InChI=1S/C16H20N2O2/c1-16(7-4-8-17-10-16)11-18-14(19)9-12-5-2-3-6-13(12)15(18)20/h2-3,5-6,17H,4,7-11H2,1H3. The third-order valence-electron chi connectivity index (χ3n) is 4.36. The molecule has 2 aliphatic rings. The zero-order valence-corrected chi connectivity index (χ0v) is 11.8. The molecular formula is C16H20N2O2. The third kappa shape index (κ3) is 2.36. The van der Waals surface area contributed by atoms with Crippen LogP contribution in [0.2, 0.25) is 0 Å². The van der Waals surface area contributed by atoms with Crippen molar-refractivity contribution in [1.82, 2.24) is 10.2 Å². The molecule has 0 saturated carbocycles. The van der Waals surface area contributed by atoms with Gasteiger partial charge in [0.2, 0.25) is 5.91 Å². The Bertz CT molecular complexity index is 547. The fourth-order valence-electron chi connectivity index (χ4n) is 3.20. The maximum absolute atomic E-state index is 12.5. The minimum absolute atomic E-state index is 0.00411. The number of carbonyl (C=O) groups is 2. The van der Waals surface area contributed by atoms with Crippen molar-refractivity contribution in [3.05, 3.63) is 35.4 Å². The van der Waals surface area contributed by atoms with Gasteiger partial charge in [0.1, 0.15) is 0 Å². The highest BCUT2D eigenvalue weighted by atomic mass is 16.2. The van der Waals surface area contributed by atoms with Crippen molar-refractivity contribution in [2.75, 3.05) is 19.6 Å². The second-order valence-corrected chi connectivity index (χ2v) is 6.21. The van der Waals surface area contributed by atoms with Gasteiger partial charge in [0.25, 0.3) is 5.91 Å². The largest absolute Gasteiger partial charge is 0.316 e. The van der Waals surface area contributed by atoms with Gasteiger partial charge in [0.05, 0.1) is 6.42 Å². The van der Waals surface area contributed by atoms with Gasteiger partial charge in [-0.05, 0) is 36.4 Å². The number of hydrogen-bond donors (Lipinski definition) is 1. The molecule has 1 saturated heterocycles. The smallest absolute Gasteiger partial charge is 0.260 e. The highest BCUT2D eigenvalue weighted by molar-refractivity contribution is 6.09. The molecule has 1 fully saturated rings. The Balaban J connectivity index is 1.84. The van der Waals surface area contributed by atoms with E-state index in [0.717, 1.165) is 31.5 Å². The maximum Gasteiger partial charge on any atom is 0.260 e. The summed E-state index contributed by atoms with van der Waals surface area (Å²) in [6.07, 6.45) is 2.49. The Kier molecular flexibility index (Phi) is 3.34. The molecule has 4 heteroatoms. The van der Waals surface area contributed by atoms with Gasteiger partial charge >= 0.3 is 0 Å². The minimum atomic E-state index is -0.136. The van der Waals surface area contributed by atoms with Crippen LogP contribution in [0.25, 0.3) is 0 Å². The van der Waals surface area contributed by atoms with Gasteiger partial charge < -0.3 is 5.32 Å². The molecule has 1 unspecified atom stereocenters. The van der Waals surface area contributed by atoms with E-state index in [4.69, 9.17) is 0 Å². The lowest BCUT2D eigenvalue weighted by atomic mass is 9.81. The lowest BCUT2D eigenvalue weighted by molar-refractivity contribution is -0.129. The van der Waals surface area contributed by atoms with Gasteiger partial charge in [0, 0.05) is 18.7 Å². The third-order valence-corrected chi connectivity index (χ3v) is 4.36. The molecule has 106 valence electrons. The molecule has 3 rings (SSSR count). The van der Waals surface area contributed by atoms with Crippen molar-refractivity contribution >= 4 is 11.8 Å². The number of carbonyl (C=O) groups excluding carboxylic acids is 2. The monoisotopic (exact) mass is 272 g/mol. The highest BCUT2D eigenvalue weighted by Crippen LogP contribution is 2.29. The fourth-order valence-corrected chi connectivity index (χ4v) is 3.20. The second-order valence-electron chi connectivity index (χ2n) is 6.21. The molecule has 1 aromatic carbocycles. The van der Waals surface area contributed by atoms with E-state index in [1.54, 1.807) is 0 Å². The van der Waals surface area contributed by atoms with Crippen molar-refractivity contribution in [3.63, 3.8) is 0 Å². The summed E-state index contributed by atoms with van der Waals surface area (Å²) in [5, 5.41) is 3.36. The van der Waals surface area contributed by atoms with Crippen molar-refractivity contribution in [2.45, 2.75) is 26.2 Å². The van der Waals surface area contributed by atoms with Crippen LogP contribution in [0.4, 0.5) is 0 Å². The SMILES string of the molecule is CC1(CN2C(=O)Cc3ccccc3C2=O)CCCNC1. The topological polar surface area (TPSA) is 49.4 Å². The number of nitrogens with one attached hydrogen (secondary N) is 1. The summed E-state index contributed by atoms with van der Waals surface area (Å²) in [7, 11) is 0. The fraction of sp³-hybridized carbons (Fsp3) is 0.500. The summed E-state index contributed by atoms with van der Waals surface area (Å²) < 4.78 is 0. The van der Waals surface area contributed by atoms with E-state index in [1.807, 2.05) is 24.3 Å². The van der Waals surface area contributed by atoms with Crippen LogP contribution in [0.5, 0.6) is 0 Å². The van der Waals surface area contributed by atoms with E-state index >= 15 is 0 Å². The van der Waals surface area contributed by atoms with Crippen LogP contribution < -0.4 is 5.32 Å². The maximum atomic E-state index is 12.5. The molecule has 20 heavy (non-hydrogen) atoms. The Morgan fingerprint density at radius 3 is 2.85 bits per heavy atom. The summed E-state index contributed by atoms with van der Waals surface area (Å²) in [5.41, 5.74) is 1.53. The molecule has 2 amide bonds. The van der Waals surface area contributed by atoms with Crippen LogP contribution in [-0.4, -0.2) is 36.3 Å². The summed E-state index contributed by atoms with van der Waals surface area (Å²) in [6.45, 7) is 4.57. The highest BCUT2D eigenvalue weighted by Gasteiger charge is 2.37. The summed E-state index contributed by atoms with van der Waals surface area (Å²) in [4.78, 5) is 26.2. The molecule has 2 heterocycles. The van der Waals surface area contributed by atoms with E-state index < -0.39 is 0 Å². The van der Waals surface area contributed by atoms with Crippen molar-refractivity contribution in [2.24, 2.45) is 5.41 Å². The number of rotatable bonds is 2. The summed E-state index contributed by atoms with van der Waals surface area (Å²) >= 11 is 0. The first-order valence-corrected chi connectivity index (χ1v) is 7.22. The molecule has 0 spiro atoms. The van der Waals surface area contributed by atoms with Gasteiger partial charge in [-0.3, -0.25) is 14.5 Å². The molecule has 0 bridgehead atoms. The minimum Gasteiger partial charge on any atom is -0.316 e. The molecule has 2 aliphatic heterocycles.